The fourth-order valence-electron chi connectivity index (χ4n) is 3.50. The summed E-state index contributed by atoms with van der Waals surface area (Å²) in [5.74, 6) is 0.153. The van der Waals surface area contributed by atoms with Gasteiger partial charge in [0, 0.05) is 18.4 Å². The van der Waals surface area contributed by atoms with Gasteiger partial charge < -0.3 is 15.1 Å². The van der Waals surface area contributed by atoms with Gasteiger partial charge in [0.05, 0.1) is 5.56 Å². The predicted octanol–water partition coefficient (Wildman–Crippen LogP) is 5.70. The van der Waals surface area contributed by atoms with Crippen molar-refractivity contribution in [3.8, 4) is 11.5 Å². The number of aromatic nitrogens is 3. The van der Waals surface area contributed by atoms with Gasteiger partial charge in [0.25, 0.3) is 5.89 Å². The Morgan fingerprint density at radius 2 is 1.84 bits per heavy atom. The van der Waals surface area contributed by atoms with E-state index in [9.17, 15) is 24.2 Å². The third-order valence-corrected chi connectivity index (χ3v) is 6.47. The number of nitrogens with one attached hydrogen (secondary N) is 2. The van der Waals surface area contributed by atoms with Crippen molar-refractivity contribution in [2.45, 2.75) is 30.1 Å². The molecule has 0 radical (unpaired) electrons. The van der Waals surface area contributed by atoms with Gasteiger partial charge in [-0.05, 0) is 49.2 Å². The minimum atomic E-state index is -9.76. The van der Waals surface area contributed by atoms with Gasteiger partial charge in [0.2, 0.25) is 11.8 Å². The number of amides is 1. The second-order valence-corrected chi connectivity index (χ2v) is 9.78. The number of carbonyl (C=O) groups excluding carboxylic acids is 1. The summed E-state index contributed by atoms with van der Waals surface area (Å²) >= 11 is 0. The molecule has 0 bridgehead atoms. The van der Waals surface area contributed by atoms with Gasteiger partial charge in [-0.2, -0.15) is 0 Å². The molecule has 0 unspecified atom stereocenters. The maximum Gasteiger partial charge on any atom is 0.310 e. The van der Waals surface area contributed by atoms with Gasteiger partial charge in [0.15, 0.2) is 0 Å². The molecule has 1 aliphatic rings. The van der Waals surface area contributed by atoms with E-state index in [-0.39, 0.29) is 29.2 Å². The van der Waals surface area contributed by atoms with Crippen molar-refractivity contribution >= 4 is 27.6 Å². The van der Waals surface area contributed by atoms with Crippen molar-refractivity contribution < 1.29 is 28.6 Å². The summed E-state index contributed by atoms with van der Waals surface area (Å²) < 4.78 is 70.4. The monoisotopic (exact) mass is 475 g/mol. The van der Waals surface area contributed by atoms with Crippen molar-refractivity contribution in [2.24, 2.45) is 0 Å². The summed E-state index contributed by atoms with van der Waals surface area (Å²) in [4.78, 5) is 14.5. The zero-order valence-corrected chi connectivity index (χ0v) is 17.4. The number of carbonyl (C=O) groups is 1. The molecule has 0 saturated carbocycles. The van der Waals surface area contributed by atoms with Crippen molar-refractivity contribution in [2.75, 3.05) is 11.9 Å². The summed E-state index contributed by atoms with van der Waals surface area (Å²) in [5.41, 5.74) is -0.509. The first-order valence-electron chi connectivity index (χ1n) is 9.51. The van der Waals surface area contributed by atoms with Crippen molar-refractivity contribution in [1.29, 1.82) is 0 Å². The lowest BCUT2D eigenvalue weighted by molar-refractivity contribution is -0.124. The Bertz CT molecular complexity index is 1180. The fourth-order valence-corrected chi connectivity index (χ4v) is 4.15. The largest absolute Gasteiger partial charge is 0.419 e. The van der Waals surface area contributed by atoms with Crippen LogP contribution in [0.2, 0.25) is 0 Å². The van der Waals surface area contributed by atoms with Crippen LogP contribution < -0.4 is 10.6 Å². The maximum atomic E-state index is 12.9. The molecule has 32 heavy (non-hydrogen) atoms. The van der Waals surface area contributed by atoms with Crippen LogP contribution >= 0.6 is 10.2 Å². The van der Waals surface area contributed by atoms with E-state index >= 15 is 0 Å². The fraction of sp³-hybridized carbons (Fsp3) is 0.263. The molecular weight excluding hydrogens is 457 g/mol. The van der Waals surface area contributed by atoms with Crippen LogP contribution in [-0.4, -0.2) is 27.6 Å². The SMILES string of the molecule is CC[C@]1(c2nnc(-c3cccnc3Nc3ccc(S(F)(F)(F)(F)F)cc3)o2)CCNC1=O. The van der Waals surface area contributed by atoms with Crippen LogP contribution in [-0.2, 0) is 10.2 Å². The maximum absolute atomic E-state index is 12.9. The zero-order valence-electron chi connectivity index (χ0n) is 16.6. The van der Waals surface area contributed by atoms with Crippen LogP contribution in [0.1, 0.15) is 25.7 Å². The highest BCUT2D eigenvalue weighted by atomic mass is 32.5. The van der Waals surface area contributed by atoms with Crippen LogP contribution in [0.4, 0.5) is 30.9 Å². The predicted molar refractivity (Wildman–Crippen MR) is 108 cm³/mol. The Morgan fingerprint density at radius 3 is 2.44 bits per heavy atom. The molecule has 1 saturated heterocycles. The molecule has 1 aliphatic heterocycles. The van der Waals surface area contributed by atoms with Crippen LogP contribution in [0.15, 0.2) is 51.9 Å². The van der Waals surface area contributed by atoms with E-state index in [4.69, 9.17) is 4.42 Å². The number of nitrogens with zero attached hydrogens (tertiary/aromatic N) is 3. The lowest BCUT2D eigenvalue weighted by Gasteiger charge is -2.40. The average molecular weight is 475 g/mol. The third kappa shape index (κ3) is 3.99. The molecule has 1 atom stereocenters. The van der Waals surface area contributed by atoms with Crippen molar-refractivity contribution in [3.05, 3.63) is 48.5 Å². The van der Waals surface area contributed by atoms with E-state index in [2.05, 4.69) is 25.8 Å². The van der Waals surface area contributed by atoms with E-state index in [0.717, 1.165) is 12.1 Å². The van der Waals surface area contributed by atoms with Gasteiger partial charge >= 0.3 is 10.2 Å². The van der Waals surface area contributed by atoms with Crippen LogP contribution in [0.25, 0.3) is 11.5 Å². The molecule has 3 aromatic rings. The topological polar surface area (TPSA) is 92.9 Å². The second-order valence-electron chi connectivity index (χ2n) is 7.37. The van der Waals surface area contributed by atoms with Gasteiger partial charge in [-0.25, -0.2) is 4.98 Å². The molecule has 1 fully saturated rings. The van der Waals surface area contributed by atoms with E-state index in [0.29, 0.717) is 37.1 Å². The van der Waals surface area contributed by atoms with Crippen LogP contribution in [0.5, 0.6) is 0 Å². The van der Waals surface area contributed by atoms with Gasteiger partial charge in [-0.3, -0.25) is 4.79 Å². The number of rotatable bonds is 6. The first kappa shape index (κ1) is 22.0. The molecule has 7 nitrogen and oxygen atoms in total. The Morgan fingerprint density at radius 1 is 1.12 bits per heavy atom. The van der Waals surface area contributed by atoms with Crippen molar-refractivity contribution in [1.82, 2.24) is 20.5 Å². The Kier molecular flexibility index (Phi) is 4.56. The van der Waals surface area contributed by atoms with E-state index in [1.807, 2.05) is 6.92 Å². The number of pyridine rings is 1. The summed E-state index contributed by atoms with van der Waals surface area (Å²) in [6.45, 7) is 2.32. The molecule has 3 heterocycles. The second kappa shape index (κ2) is 6.64. The number of halogens is 5. The summed E-state index contributed by atoms with van der Waals surface area (Å²) in [5, 5.41) is 13.6. The van der Waals surface area contributed by atoms with Crippen LogP contribution in [0, 0.1) is 0 Å². The number of hydrogen-bond donors (Lipinski definition) is 2. The third-order valence-electron chi connectivity index (χ3n) is 5.31. The molecule has 0 spiro atoms. The zero-order chi connectivity index (χ0) is 23.3. The van der Waals surface area contributed by atoms with E-state index < -0.39 is 20.5 Å². The molecule has 1 aromatic carbocycles. The molecule has 4 rings (SSSR count). The molecule has 2 aromatic heterocycles. The molecule has 2 N–H and O–H groups in total. The Hall–Kier alpha value is -3.22. The number of hydrogen-bond acceptors (Lipinski definition) is 6. The molecule has 172 valence electrons. The highest BCUT2D eigenvalue weighted by Gasteiger charge is 2.65. The molecular formula is C19H18F5N5O2S. The molecule has 1 amide bonds. The highest BCUT2D eigenvalue weighted by molar-refractivity contribution is 8.45. The standard InChI is InChI=1S/C19H18F5N5O2S/c1-2-19(9-11-26-17(19)30)18-29-28-16(31-18)14-4-3-10-25-15(14)27-12-5-7-13(8-6-12)32(20,21,22,23)24/h3-8,10H,2,9,11H2,1H3,(H,25,27)(H,26,30)/t19-/m0/s1. The minimum Gasteiger partial charge on any atom is -0.419 e. The smallest absolute Gasteiger partial charge is 0.310 e. The quantitative estimate of drug-likeness (QED) is 0.445. The van der Waals surface area contributed by atoms with Gasteiger partial charge in [-0.15, -0.1) is 10.2 Å². The lowest BCUT2D eigenvalue weighted by Crippen LogP contribution is -2.35. The van der Waals surface area contributed by atoms with Gasteiger partial charge in [-0.1, -0.05) is 26.4 Å². The Balaban J connectivity index is 1.64. The highest BCUT2D eigenvalue weighted by Crippen LogP contribution is 3.02. The number of benzene rings is 1. The summed E-state index contributed by atoms with van der Waals surface area (Å²) in [6, 6.07) is 5.53. The van der Waals surface area contributed by atoms with E-state index in [1.165, 1.54) is 6.20 Å². The normalized spacial score (nSPS) is 21.0. The first-order chi connectivity index (χ1) is 14.8. The van der Waals surface area contributed by atoms with Crippen LogP contribution in [0.3, 0.4) is 0 Å². The Labute approximate surface area is 179 Å². The lowest BCUT2D eigenvalue weighted by atomic mass is 9.83. The minimum absolute atomic E-state index is 0.0479. The summed E-state index contributed by atoms with van der Waals surface area (Å²) in [6.07, 6.45) is 2.38. The first-order valence-corrected chi connectivity index (χ1v) is 11.5. The van der Waals surface area contributed by atoms with E-state index in [1.54, 1.807) is 12.1 Å². The molecule has 0 aliphatic carbocycles. The van der Waals surface area contributed by atoms with Gasteiger partial charge in [0.1, 0.15) is 16.1 Å². The average Bonchev–Trinajstić information content (AvgIpc) is 3.34. The molecule has 13 heteroatoms. The van der Waals surface area contributed by atoms with Crippen molar-refractivity contribution in [3.63, 3.8) is 0 Å². The number of anilines is 2. The summed E-state index contributed by atoms with van der Waals surface area (Å²) in [7, 11) is -9.76.